The molecule has 1 saturated heterocycles. The average Bonchev–Trinajstić information content (AvgIpc) is 2.28. The van der Waals surface area contributed by atoms with Crippen LogP contribution in [0.1, 0.15) is 17.2 Å². The molecule has 0 aliphatic carbocycles. The Morgan fingerprint density at radius 2 is 2.24 bits per heavy atom. The molecule has 1 fully saturated rings. The summed E-state index contributed by atoms with van der Waals surface area (Å²) in [5, 5.41) is 9.50. The highest BCUT2D eigenvalue weighted by atomic mass is 16.5. The lowest BCUT2D eigenvalue weighted by Crippen LogP contribution is -2.52. The van der Waals surface area contributed by atoms with Crippen molar-refractivity contribution in [3.8, 4) is 5.75 Å². The Kier molecular flexibility index (Phi) is 3.38. The molecule has 2 rings (SSSR count). The lowest BCUT2D eigenvalue weighted by Gasteiger charge is -2.44. The summed E-state index contributed by atoms with van der Waals surface area (Å²) in [4.78, 5) is 0. The summed E-state index contributed by atoms with van der Waals surface area (Å²) in [6, 6.07) is 5.64. The zero-order chi connectivity index (χ0) is 12.5. The first-order chi connectivity index (χ1) is 8.13. The molecule has 4 nitrogen and oxygen atoms in total. The van der Waals surface area contributed by atoms with E-state index in [1.165, 1.54) is 0 Å². The molecule has 94 valence electrons. The lowest BCUT2D eigenvalue weighted by molar-refractivity contribution is -0.150. The monoisotopic (exact) mass is 237 g/mol. The fourth-order valence-electron chi connectivity index (χ4n) is 2.16. The van der Waals surface area contributed by atoms with Gasteiger partial charge in [-0.25, -0.2) is 0 Å². The van der Waals surface area contributed by atoms with E-state index in [9.17, 15) is 5.11 Å². The summed E-state index contributed by atoms with van der Waals surface area (Å²) in [6.07, 6.45) is 0. The maximum Gasteiger partial charge on any atom is 0.123 e. The van der Waals surface area contributed by atoms with Gasteiger partial charge in [0.05, 0.1) is 32.3 Å². The predicted octanol–water partition coefficient (Wildman–Crippen LogP) is 1.01. The predicted molar refractivity (Wildman–Crippen MR) is 65.0 cm³/mol. The van der Waals surface area contributed by atoms with Gasteiger partial charge in [0.2, 0.25) is 0 Å². The fourth-order valence-corrected chi connectivity index (χ4v) is 2.16. The standard InChI is InChI=1S/C13H19NO3/c1-9-3-4-11(16-2)10(5-9)12(14)13(6-15)7-17-8-13/h3-5,12,15H,6-8,14H2,1-2H3. The normalized spacial score (nSPS) is 19.5. The molecule has 1 unspecified atom stereocenters. The Hall–Kier alpha value is -1.10. The summed E-state index contributed by atoms with van der Waals surface area (Å²) in [5.41, 5.74) is 7.98. The Labute approximate surface area is 101 Å². The highest BCUT2D eigenvalue weighted by Gasteiger charge is 2.45. The highest BCUT2D eigenvalue weighted by Crippen LogP contribution is 2.41. The van der Waals surface area contributed by atoms with Gasteiger partial charge in [0.1, 0.15) is 5.75 Å². The number of rotatable bonds is 4. The molecule has 1 aliphatic heterocycles. The van der Waals surface area contributed by atoms with Crippen molar-refractivity contribution in [3.05, 3.63) is 29.3 Å². The maximum atomic E-state index is 9.50. The third-order valence-electron chi connectivity index (χ3n) is 3.47. The third-order valence-corrected chi connectivity index (χ3v) is 3.47. The van der Waals surface area contributed by atoms with Crippen LogP contribution in [0, 0.1) is 12.3 Å². The first-order valence-corrected chi connectivity index (χ1v) is 5.72. The first kappa shape index (κ1) is 12.4. The van der Waals surface area contributed by atoms with E-state index in [0.717, 1.165) is 16.9 Å². The Bertz CT molecular complexity index is 396. The summed E-state index contributed by atoms with van der Waals surface area (Å²) in [5.74, 6) is 0.767. The van der Waals surface area contributed by atoms with Crippen molar-refractivity contribution in [2.24, 2.45) is 11.1 Å². The van der Waals surface area contributed by atoms with Crippen LogP contribution in [0.2, 0.25) is 0 Å². The second-order valence-corrected chi connectivity index (χ2v) is 4.74. The smallest absolute Gasteiger partial charge is 0.123 e. The van der Waals surface area contributed by atoms with E-state index < -0.39 is 0 Å². The van der Waals surface area contributed by atoms with Gasteiger partial charge in [-0.15, -0.1) is 0 Å². The zero-order valence-corrected chi connectivity index (χ0v) is 10.3. The highest BCUT2D eigenvalue weighted by molar-refractivity contribution is 5.40. The molecule has 1 aromatic carbocycles. The van der Waals surface area contributed by atoms with Crippen LogP contribution in [0.3, 0.4) is 0 Å². The second kappa shape index (κ2) is 4.64. The van der Waals surface area contributed by atoms with Crippen molar-refractivity contribution < 1.29 is 14.6 Å². The van der Waals surface area contributed by atoms with Crippen molar-refractivity contribution in [1.29, 1.82) is 0 Å². The Balaban J connectivity index is 2.35. The number of aliphatic hydroxyl groups is 1. The van der Waals surface area contributed by atoms with Gasteiger partial charge in [0.15, 0.2) is 0 Å². The summed E-state index contributed by atoms with van der Waals surface area (Å²) >= 11 is 0. The summed E-state index contributed by atoms with van der Waals surface area (Å²) in [7, 11) is 1.63. The molecule has 1 atom stereocenters. The van der Waals surface area contributed by atoms with Crippen LogP contribution in [-0.2, 0) is 4.74 Å². The number of aliphatic hydroxyl groups excluding tert-OH is 1. The molecule has 0 saturated carbocycles. The van der Waals surface area contributed by atoms with Gasteiger partial charge in [-0.05, 0) is 13.0 Å². The molecule has 1 heterocycles. The molecule has 4 heteroatoms. The average molecular weight is 237 g/mol. The fraction of sp³-hybridized carbons (Fsp3) is 0.538. The van der Waals surface area contributed by atoms with Crippen LogP contribution in [0.25, 0.3) is 0 Å². The molecule has 17 heavy (non-hydrogen) atoms. The van der Waals surface area contributed by atoms with Crippen LogP contribution in [0.15, 0.2) is 18.2 Å². The Morgan fingerprint density at radius 1 is 1.53 bits per heavy atom. The van der Waals surface area contributed by atoms with Crippen molar-refractivity contribution >= 4 is 0 Å². The molecule has 0 spiro atoms. The van der Waals surface area contributed by atoms with Gasteiger partial charge in [0.25, 0.3) is 0 Å². The quantitative estimate of drug-likeness (QED) is 0.820. The van der Waals surface area contributed by atoms with E-state index in [1.807, 2.05) is 25.1 Å². The molecule has 1 aliphatic rings. The molecule has 1 aromatic rings. The molecular weight excluding hydrogens is 218 g/mol. The van der Waals surface area contributed by atoms with Gasteiger partial charge in [-0.3, -0.25) is 0 Å². The van der Waals surface area contributed by atoms with Gasteiger partial charge >= 0.3 is 0 Å². The third kappa shape index (κ3) is 2.04. The minimum Gasteiger partial charge on any atom is -0.496 e. The van der Waals surface area contributed by atoms with E-state index >= 15 is 0 Å². The van der Waals surface area contributed by atoms with E-state index in [0.29, 0.717) is 13.2 Å². The van der Waals surface area contributed by atoms with Crippen LogP contribution in [0.4, 0.5) is 0 Å². The number of hydrogen-bond donors (Lipinski definition) is 2. The minimum atomic E-state index is -0.360. The summed E-state index contributed by atoms with van der Waals surface area (Å²) < 4.78 is 10.5. The van der Waals surface area contributed by atoms with Crippen molar-refractivity contribution in [3.63, 3.8) is 0 Å². The number of hydrogen-bond acceptors (Lipinski definition) is 4. The van der Waals surface area contributed by atoms with E-state index in [4.69, 9.17) is 15.2 Å². The number of methoxy groups -OCH3 is 1. The topological polar surface area (TPSA) is 64.7 Å². The van der Waals surface area contributed by atoms with E-state index in [2.05, 4.69) is 0 Å². The van der Waals surface area contributed by atoms with Crippen molar-refractivity contribution in [2.75, 3.05) is 26.9 Å². The maximum absolute atomic E-state index is 9.50. The van der Waals surface area contributed by atoms with Gasteiger partial charge in [0, 0.05) is 11.6 Å². The van der Waals surface area contributed by atoms with Crippen LogP contribution < -0.4 is 10.5 Å². The van der Waals surface area contributed by atoms with Crippen LogP contribution in [-0.4, -0.2) is 32.0 Å². The SMILES string of the molecule is COc1ccc(C)cc1C(N)C1(CO)COC1. The molecule has 0 radical (unpaired) electrons. The van der Waals surface area contributed by atoms with Gasteiger partial charge < -0.3 is 20.3 Å². The van der Waals surface area contributed by atoms with Crippen molar-refractivity contribution in [1.82, 2.24) is 0 Å². The van der Waals surface area contributed by atoms with E-state index in [-0.39, 0.29) is 18.1 Å². The second-order valence-electron chi connectivity index (χ2n) is 4.74. The zero-order valence-electron chi connectivity index (χ0n) is 10.3. The minimum absolute atomic E-state index is 0.0330. The lowest BCUT2D eigenvalue weighted by atomic mass is 9.76. The summed E-state index contributed by atoms with van der Waals surface area (Å²) in [6.45, 7) is 3.05. The number of ether oxygens (including phenoxy) is 2. The first-order valence-electron chi connectivity index (χ1n) is 5.72. The molecular formula is C13H19NO3. The molecule has 3 N–H and O–H groups in total. The Morgan fingerprint density at radius 3 is 2.71 bits per heavy atom. The number of aryl methyl sites for hydroxylation is 1. The number of nitrogens with two attached hydrogens (primary N) is 1. The van der Waals surface area contributed by atoms with Gasteiger partial charge in [-0.1, -0.05) is 17.7 Å². The largest absolute Gasteiger partial charge is 0.496 e. The van der Waals surface area contributed by atoms with Crippen molar-refractivity contribution in [2.45, 2.75) is 13.0 Å². The molecule has 0 amide bonds. The van der Waals surface area contributed by atoms with Crippen LogP contribution in [0.5, 0.6) is 5.75 Å². The molecule has 0 bridgehead atoms. The van der Waals surface area contributed by atoms with Gasteiger partial charge in [-0.2, -0.15) is 0 Å². The van der Waals surface area contributed by atoms with E-state index in [1.54, 1.807) is 7.11 Å². The molecule has 0 aromatic heterocycles. The number of benzene rings is 1. The van der Waals surface area contributed by atoms with Crippen LogP contribution >= 0.6 is 0 Å².